The van der Waals surface area contributed by atoms with E-state index in [4.69, 9.17) is 0 Å². The fourth-order valence-corrected chi connectivity index (χ4v) is 2.36. The first-order chi connectivity index (χ1) is 9.74. The lowest BCUT2D eigenvalue weighted by Crippen LogP contribution is -2.28. The van der Waals surface area contributed by atoms with Crippen LogP contribution in [0, 0.1) is 5.82 Å². The Labute approximate surface area is 119 Å². The molecule has 0 saturated heterocycles. The number of halogens is 1. The minimum absolute atomic E-state index is 0.00975. The molecule has 0 aliphatic heterocycles. The summed E-state index contributed by atoms with van der Waals surface area (Å²) in [5.41, 5.74) is 1.94. The molecule has 0 aliphatic rings. The molecule has 2 N–H and O–H groups in total. The Morgan fingerprint density at radius 3 is 2.30 bits per heavy atom. The first kappa shape index (κ1) is 14.7. The number of aliphatic hydroxyl groups excluding tert-OH is 1. The van der Waals surface area contributed by atoms with Gasteiger partial charge >= 0.3 is 0 Å². The van der Waals surface area contributed by atoms with Gasteiger partial charge in [-0.1, -0.05) is 49.4 Å². The van der Waals surface area contributed by atoms with E-state index in [9.17, 15) is 9.50 Å². The highest BCUT2D eigenvalue weighted by Crippen LogP contribution is 2.22. The Morgan fingerprint density at radius 1 is 1.00 bits per heavy atom. The summed E-state index contributed by atoms with van der Waals surface area (Å²) in [6.07, 6.45) is 0.826. The summed E-state index contributed by atoms with van der Waals surface area (Å²) < 4.78 is 13.3. The number of hydrogen-bond donors (Lipinski definition) is 2. The summed E-state index contributed by atoms with van der Waals surface area (Å²) in [4.78, 5) is 0. The maximum atomic E-state index is 13.3. The van der Waals surface area contributed by atoms with Crippen molar-refractivity contribution in [1.82, 2.24) is 5.32 Å². The first-order valence-corrected chi connectivity index (χ1v) is 6.92. The third kappa shape index (κ3) is 3.65. The number of nitrogens with one attached hydrogen (secondary N) is 1. The Bertz CT molecular complexity index is 530. The van der Waals surface area contributed by atoms with Crippen LogP contribution in [0.1, 0.15) is 36.6 Å². The van der Waals surface area contributed by atoms with E-state index < -0.39 is 0 Å². The fourth-order valence-electron chi connectivity index (χ4n) is 2.36. The molecule has 0 radical (unpaired) electrons. The maximum Gasteiger partial charge on any atom is 0.123 e. The van der Waals surface area contributed by atoms with Crippen molar-refractivity contribution in [3.8, 4) is 0 Å². The number of hydrogen-bond acceptors (Lipinski definition) is 2. The lowest BCUT2D eigenvalue weighted by molar-refractivity contribution is 0.231. The summed E-state index contributed by atoms with van der Waals surface area (Å²) in [6.45, 7) is 2.05. The zero-order valence-corrected chi connectivity index (χ0v) is 11.6. The molecule has 106 valence electrons. The van der Waals surface area contributed by atoms with Crippen LogP contribution >= 0.6 is 0 Å². The normalized spacial score (nSPS) is 13.9. The third-order valence-electron chi connectivity index (χ3n) is 3.45. The van der Waals surface area contributed by atoms with E-state index in [0.29, 0.717) is 0 Å². The smallest absolute Gasteiger partial charge is 0.123 e. The van der Waals surface area contributed by atoms with Gasteiger partial charge in [0.1, 0.15) is 5.82 Å². The Hall–Kier alpha value is -1.71. The van der Waals surface area contributed by atoms with E-state index in [0.717, 1.165) is 17.5 Å². The molecule has 0 heterocycles. The van der Waals surface area contributed by atoms with Crippen molar-refractivity contribution >= 4 is 0 Å². The van der Waals surface area contributed by atoms with Gasteiger partial charge < -0.3 is 10.4 Å². The van der Waals surface area contributed by atoms with Crippen LogP contribution in [0.4, 0.5) is 4.39 Å². The molecular formula is C17H20FNO. The Morgan fingerprint density at radius 2 is 1.70 bits per heavy atom. The molecule has 3 heteroatoms. The summed E-state index contributed by atoms with van der Waals surface area (Å²) in [6, 6.07) is 16.3. The van der Waals surface area contributed by atoms with Crippen molar-refractivity contribution in [2.75, 3.05) is 6.61 Å². The Kier molecular flexibility index (Phi) is 5.27. The van der Waals surface area contributed by atoms with E-state index >= 15 is 0 Å². The molecule has 2 nitrogen and oxygen atoms in total. The second-order valence-corrected chi connectivity index (χ2v) is 4.83. The van der Waals surface area contributed by atoms with Crippen molar-refractivity contribution in [3.63, 3.8) is 0 Å². The molecule has 0 bridgehead atoms. The van der Waals surface area contributed by atoms with Gasteiger partial charge in [-0.15, -0.1) is 0 Å². The maximum absolute atomic E-state index is 13.3. The summed E-state index contributed by atoms with van der Waals surface area (Å²) in [5.74, 6) is -0.233. The van der Waals surface area contributed by atoms with Gasteiger partial charge in [0, 0.05) is 6.04 Å². The molecule has 2 rings (SSSR count). The molecule has 0 aliphatic carbocycles. The summed E-state index contributed by atoms with van der Waals surface area (Å²) in [7, 11) is 0. The van der Waals surface area contributed by atoms with Gasteiger partial charge in [0.2, 0.25) is 0 Å². The van der Waals surface area contributed by atoms with E-state index in [1.54, 1.807) is 12.1 Å². The molecule has 0 spiro atoms. The minimum atomic E-state index is -0.233. The van der Waals surface area contributed by atoms with Crippen LogP contribution in [0.25, 0.3) is 0 Å². The zero-order valence-electron chi connectivity index (χ0n) is 11.6. The standard InChI is InChI=1S/C17H20FNO/c1-2-16(14-9-6-10-15(18)11-14)19-17(12-20)13-7-4-3-5-8-13/h3-11,16-17,19-20H,2,12H2,1H3/t16?,17-/m0/s1. The van der Waals surface area contributed by atoms with Crippen LogP contribution < -0.4 is 5.32 Å². The number of benzene rings is 2. The predicted molar refractivity (Wildman–Crippen MR) is 78.8 cm³/mol. The molecule has 2 aromatic rings. The van der Waals surface area contributed by atoms with E-state index in [-0.39, 0.29) is 24.5 Å². The van der Waals surface area contributed by atoms with Gasteiger partial charge in [-0.2, -0.15) is 0 Å². The molecule has 0 fully saturated rings. The highest BCUT2D eigenvalue weighted by molar-refractivity contribution is 5.23. The predicted octanol–water partition coefficient (Wildman–Crippen LogP) is 3.60. The highest BCUT2D eigenvalue weighted by Gasteiger charge is 2.16. The SMILES string of the molecule is CCC(N[C@@H](CO)c1ccccc1)c1cccc(F)c1. The van der Waals surface area contributed by atoms with Crippen molar-refractivity contribution < 1.29 is 9.50 Å². The monoisotopic (exact) mass is 273 g/mol. The van der Waals surface area contributed by atoms with Gasteiger partial charge in [-0.25, -0.2) is 4.39 Å². The quantitative estimate of drug-likeness (QED) is 0.843. The summed E-state index contributed by atoms with van der Waals surface area (Å²) in [5, 5.41) is 13.0. The number of aliphatic hydroxyl groups is 1. The molecule has 0 saturated carbocycles. The lowest BCUT2D eigenvalue weighted by Gasteiger charge is -2.24. The molecule has 0 amide bonds. The zero-order chi connectivity index (χ0) is 14.4. The fraction of sp³-hybridized carbons (Fsp3) is 0.294. The molecule has 1 unspecified atom stereocenters. The molecule has 2 atom stereocenters. The average molecular weight is 273 g/mol. The molecule has 2 aromatic carbocycles. The van der Waals surface area contributed by atoms with Gasteiger partial charge in [-0.05, 0) is 29.7 Å². The first-order valence-electron chi connectivity index (χ1n) is 6.92. The molecule has 0 aromatic heterocycles. The van der Waals surface area contributed by atoms with Gasteiger partial charge in [0.05, 0.1) is 12.6 Å². The molecule has 20 heavy (non-hydrogen) atoms. The lowest BCUT2D eigenvalue weighted by atomic mass is 10.0. The van der Waals surface area contributed by atoms with Crippen LogP contribution in [0.3, 0.4) is 0 Å². The van der Waals surface area contributed by atoms with E-state index in [2.05, 4.69) is 5.32 Å². The number of rotatable bonds is 6. The van der Waals surface area contributed by atoms with Crippen LogP contribution in [-0.4, -0.2) is 11.7 Å². The van der Waals surface area contributed by atoms with Crippen LogP contribution in [0.2, 0.25) is 0 Å². The van der Waals surface area contributed by atoms with Gasteiger partial charge in [0.15, 0.2) is 0 Å². The van der Waals surface area contributed by atoms with Crippen molar-refractivity contribution in [2.24, 2.45) is 0 Å². The van der Waals surface area contributed by atoms with Crippen LogP contribution in [0.15, 0.2) is 54.6 Å². The van der Waals surface area contributed by atoms with Gasteiger partial charge in [-0.3, -0.25) is 0 Å². The topological polar surface area (TPSA) is 32.3 Å². The van der Waals surface area contributed by atoms with Crippen LogP contribution in [-0.2, 0) is 0 Å². The second-order valence-electron chi connectivity index (χ2n) is 4.83. The molecular weight excluding hydrogens is 253 g/mol. The highest BCUT2D eigenvalue weighted by atomic mass is 19.1. The van der Waals surface area contributed by atoms with Crippen molar-refractivity contribution in [2.45, 2.75) is 25.4 Å². The van der Waals surface area contributed by atoms with Gasteiger partial charge in [0.25, 0.3) is 0 Å². The van der Waals surface area contributed by atoms with Crippen molar-refractivity contribution in [1.29, 1.82) is 0 Å². The average Bonchev–Trinajstić information content (AvgIpc) is 2.49. The van der Waals surface area contributed by atoms with Crippen molar-refractivity contribution in [3.05, 3.63) is 71.5 Å². The second kappa shape index (κ2) is 7.17. The van der Waals surface area contributed by atoms with E-state index in [1.165, 1.54) is 6.07 Å². The largest absolute Gasteiger partial charge is 0.394 e. The summed E-state index contributed by atoms with van der Waals surface area (Å²) >= 11 is 0. The Balaban J connectivity index is 2.16. The minimum Gasteiger partial charge on any atom is -0.394 e. The van der Waals surface area contributed by atoms with Crippen LogP contribution in [0.5, 0.6) is 0 Å². The third-order valence-corrected chi connectivity index (χ3v) is 3.45. The van der Waals surface area contributed by atoms with E-state index in [1.807, 2.05) is 43.3 Å².